The van der Waals surface area contributed by atoms with Crippen molar-refractivity contribution in [2.45, 2.75) is 6.92 Å². The molecule has 0 aliphatic carbocycles. The van der Waals surface area contributed by atoms with Crippen LogP contribution in [-0.4, -0.2) is 17.6 Å². The number of benzene rings is 1. The number of nitrogens with zero attached hydrogens (tertiary/aromatic N) is 1. The molecule has 0 aliphatic heterocycles. The molecule has 0 radical (unpaired) electrons. The van der Waals surface area contributed by atoms with Gasteiger partial charge in [-0.25, -0.2) is 9.78 Å². The fraction of sp³-hybridized carbons (Fsp3) is 0.143. The highest BCUT2D eigenvalue weighted by molar-refractivity contribution is 9.10. The zero-order valence-electron chi connectivity index (χ0n) is 11.2. The van der Waals surface area contributed by atoms with Crippen molar-refractivity contribution in [2.75, 3.05) is 17.7 Å². The third-order valence-corrected chi connectivity index (χ3v) is 4.04. The summed E-state index contributed by atoms with van der Waals surface area (Å²) in [6.07, 6.45) is 1.41. The first-order chi connectivity index (χ1) is 10.0. The van der Waals surface area contributed by atoms with E-state index < -0.39 is 5.97 Å². The minimum Gasteiger partial charge on any atom is -0.462 e. The van der Waals surface area contributed by atoms with Crippen LogP contribution in [0.4, 0.5) is 17.2 Å². The van der Waals surface area contributed by atoms with Gasteiger partial charge in [-0.05, 0) is 41.1 Å². The van der Waals surface area contributed by atoms with Gasteiger partial charge in [0.2, 0.25) is 0 Å². The normalized spacial score (nSPS) is 10.2. The molecule has 2 rings (SSSR count). The SMILES string of the molecule is CCOC(=O)c1cc(Nc2cccc(Cl)c2Br)ncc1N. The maximum atomic E-state index is 11.8. The second kappa shape index (κ2) is 6.78. The van der Waals surface area contributed by atoms with Gasteiger partial charge in [-0.1, -0.05) is 17.7 Å². The first-order valence-electron chi connectivity index (χ1n) is 6.16. The Labute approximate surface area is 135 Å². The summed E-state index contributed by atoms with van der Waals surface area (Å²) in [6.45, 7) is 2.01. The minimum absolute atomic E-state index is 0.268. The lowest BCUT2D eigenvalue weighted by Crippen LogP contribution is -2.09. The summed E-state index contributed by atoms with van der Waals surface area (Å²) in [5.41, 5.74) is 7.02. The zero-order chi connectivity index (χ0) is 15.4. The lowest BCUT2D eigenvalue weighted by atomic mass is 10.2. The Balaban J connectivity index is 2.31. The van der Waals surface area contributed by atoms with Crippen molar-refractivity contribution < 1.29 is 9.53 Å². The highest BCUT2D eigenvalue weighted by Gasteiger charge is 2.13. The van der Waals surface area contributed by atoms with Crippen LogP contribution in [0.25, 0.3) is 0 Å². The van der Waals surface area contributed by atoms with Gasteiger partial charge >= 0.3 is 5.97 Å². The second-order valence-electron chi connectivity index (χ2n) is 4.10. The van der Waals surface area contributed by atoms with Crippen LogP contribution in [0.1, 0.15) is 17.3 Å². The second-order valence-corrected chi connectivity index (χ2v) is 5.30. The smallest absolute Gasteiger partial charge is 0.340 e. The van der Waals surface area contributed by atoms with Gasteiger partial charge in [-0.15, -0.1) is 0 Å². The van der Waals surface area contributed by atoms with Crippen molar-refractivity contribution in [1.82, 2.24) is 4.98 Å². The third-order valence-electron chi connectivity index (χ3n) is 2.64. The Morgan fingerprint density at radius 1 is 1.52 bits per heavy atom. The maximum absolute atomic E-state index is 11.8. The van der Waals surface area contributed by atoms with E-state index in [0.717, 1.165) is 5.69 Å². The van der Waals surface area contributed by atoms with Crippen LogP contribution in [-0.2, 0) is 4.74 Å². The molecule has 1 aromatic heterocycles. The first kappa shape index (κ1) is 15.6. The number of carbonyl (C=O) groups is 1. The summed E-state index contributed by atoms with van der Waals surface area (Å²) in [5, 5.41) is 3.64. The molecule has 3 N–H and O–H groups in total. The number of aromatic nitrogens is 1. The lowest BCUT2D eigenvalue weighted by molar-refractivity contribution is 0.0527. The van der Waals surface area contributed by atoms with E-state index in [1.807, 2.05) is 6.07 Å². The molecular weight excluding hydrogens is 358 g/mol. The molecule has 1 heterocycles. The molecule has 0 aliphatic rings. The number of ether oxygens (including phenoxy) is 1. The molecule has 0 amide bonds. The van der Waals surface area contributed by atoms with E-state index >= 15 is 0 Å². The number of rotatable bonds is 4. The van der Waals surface area contributed by atoms with E-state index in [-0.39, 0.29) is 17.9 Å². The predicted octanol–water partition coefficient (Wildman–Crippen LogP) is 4.00. The summed E-state index contributed by atoms with van der Waals surface area (Å²) in [4.78, 5) is 15.9. The van der Waals surface area contributed by atoms with E-state index in [4.69, 9.17) is 22.1 Å². The number of halogens is 2. The van der Waals surface area contributed by atoms with Crippen LogP contribution >= 0.6 is 27.5 Å². The molecule has 2 aromatic rings. The number of hydrogen-bond donors (Lipinski definition) is 2. The van der Waals surface area contributed by atoms with Gasteiger partial charge in [0.1, 0.15) is 5.82 Å². The van der Waals surface area contributed by atoms with Crippen LogP contribution in [0.15, 0.2) is 34.9 Å². The van der Waals surface area contributed by atoms with Crippen molar-refractivity contribution in [1.29, 1.82) is 0 Å². The number of esters is 1. The molecule has 0 unspecified atom stereocenters. The Kier molecular flexibility index (Phi) is 5.03. The fourth-order valence-electron chi connectivity index (χ4n) is 1.66. The van der Waals surface area contributed by atoms with Crippen molar-refractivity contribution in [3.05, 3.63) is 45.5 Å². The number of anilines is 3. The van der Waals surface area contributed by atoms with Crippen LogP contribution < -0.4 is 11.1 Å². The number of nitrogens with one attached hydrogen (secondary N) is 1. The van der Waals surface area contributed by atoms with E-state index in [1.165, 1.54) is 6.20 Å². The molecule has 5 nitrogen and oxygen atoms in total. The van der Waals surface area contributed by atoms with Gasteiger partial charge in [0.05, 0.1) is 39.2 Å². The monoisotopic (exact) mass is 369 g/mol. The van der Waals surface area contributed by atoms with E-state index in [0.29, 0.717) is 15.3 Å². The van der Waals surface area contributed by atoms with Gasteiger partial charge < -0.3 is 15.8 Å². The lowest BCUT2D eigenvalue weighted by Gasteiger charge is -2.11. The van der Waals surface area contributed by atoms with E-state index in [2.05, 4.69) is 26.2 Å². The van der Waals surface area contributed by atoms with Crippen molar-refractivity contribution in [3.63, 3.8) is 0 Å². The average molecular weight is 371 g/mol. The number of carbonyl (C=O) groups excluding carboxylic acids is 1. The molecular formula is C14H13BrClN3O2. The third kappa shape index (κ3) is 3.65. The predicted molar refractivity (Wildman–Crippen MR) is 87.0 cm³/mol. The molecule has 1 aromatic carbocycles. The summed E-state index contributed by atoms with van der Waals surface area (Å²) < 4.78 is 5.66. The highest BCUT2D eigenvalue weighted by Crippen LogP contribution is 2.32. The molecule has 21 heavy (non-hydrogen) atoms. The van der Waals surface area contributed by atoms with Gasteiger partial charge in [-0.2, -0.15) is 0 Å². The van der Waals surface area contributed by atoms with Crippen LogP contribution in [0.5, 0.6) is 0 Å². The molecule has 0 spiro atoms. The topological polar surface area (TPSA) is 77.2 Å². The summed E-state index contributed by atoms with van der Waals surface area (Å²) in [5.74, 6) is -0.0131. The summed E-state index contributed by atoms with van der Waals surface area (Å²) >= 11 is 9.41. The highest BCUT2D eigenvalue weighted by atomic mass is 79.9. The first-order valence-corrected chi connectivity index (χ1v) is 7.33. The van der Waals surface area contributed by atoms with Crippen molar-refractivity contribution in [2.24, 2.45) is 0 Å². The molecule has 0 saturated heterocycles. The standard InChI is InChI=1S/C14H13BrClN3O2/c1-2-21-14(20)8-6-12(18-7-10(8)17)19-11-5-3-4-9(16)13(11)15/h3-7H,2,17H2,1H3,(H,18,19). The fourth-order valence-corrected chi connectivity index (χ4v) is 2.20. The molecule has 0 atom stereocenters. The van der Waals surface area contributed by atoms with Gasteiger partial charge in [-0.3, -0.25) is 0 Å². The quantitative estimate of drug-likeness (QED) is 0.795. The summed E-state index contributed by atoms with van der Waals surface area (Å²) in [6, 6.07) is 6.94. The Morgan fingerprint density at radius 3 is 3.00 bits per heavy atom. The molecule has 110 valence electrons. The summed E-state index contributed by atoms with van der Waals surface area (Å²) in [7, 11) is 0. The van der Waals surface area contributed by atoms with Crippen LogP contribution in [0.3, 0.4) is 0 Å². The number of pyridine rings is 1. The molecule has 7 heteroatoms. The molecule has 0 saturated carbocycles. The van der Waals surface area contributed by atoms with Crippen molar-refractivity contribution >= 4 is 50.7 Å². The van der Waals surface area contributed by atoms with Gasteiger partial charge in [0, 0.05) is 0 Å². The zero-order valence-corrected chi connectivity index (χ0v) is 13.5. The van der Waals surface area contributed by atoms with Crippen molar-refractivity contribution in [3.8, 4) is 0 Å². The van der Waals surface area contributed by atoms with Gasteiger partial charge in [0.15, 0.2) is 0 Å². The van der Waals surface area contributed by atoms with Crippen LogP contribution in [0, 0.1) is 0 Å². The van der Waals surface area contributed by atoms with E-state index in [1.54, 1.807) is 25.1 Å². The molecule has 0 bridgehead atoms. The Hall–Kier alpha value is -1.79. The Morgan fingerprint density at radius 2 is 2.29 bits per heavy atom. The molecule has 0 fully saturated rings. The minimum atomic E-state index is -0.481. The van der Waals surface area contributed by atoms with Crippen LogP contribution in [0.2, 0.25) is 5.02 Å². The number of nitrogen functional groups attached to an aromatic ring is 1. The maximum Gasteiger partial charge on any atom is 0.340 e. The number of nitrogens with two attached hydrogens (primary N) is 1. The number of hydrogen-bond acceptors (Lipinski definition) is 5. The largest absolute Gasteiger partial charge is 0.462 e. The van der Waals surface area contributed by atoms with E-state index in [9.17, 15) is 4.79 Å². The Bertz CT molecular complexity index is 679. The average Bonchev–Trinajstić information content (AvgIpc) is 2.46. The van der Waals surface area contributed by atoms with Gasteiger partial charge in [0.25, 0.3) is 0 Å².